The van der Waals surface area contributed by atoms with Crippen LogP contribution in [0.25, 0.3) is 0 Å². The molecule has 0 saturated heterocycles. The summed E-state index contributed by atoms with van der Waals surface area (Å²) in [5, 5.41) is 14.8. The van der Waals surface area contributed by atoms with E-state index in [1.807, 2.05) is 36.4 Å². The van der Waals surface area contributed by atoms with Crippen LogP contribution in [0.2, 0.25) is 0 Å². The maximum atomic E-state index is 11.9. The Morgan fingerprint density at radius 1 is 0.958 bits per heavy atom. The van der Waals surface area contributed by atoms with Crippen LogP contribution in [0.5, 0.6) is 11.5 Å². The van der Waals surface area contributed by atoms with Crippen LogP contribution in [0.3, 0.4) is 0 Å². The maximum Gasteiger partial charge on any atom is 0.315 e. The average molecular weight is 330 g/mol. The van der Waals surface area contributed by atoms with Crippen LogP contribution in [0.1, 0.15) is 16.7 Å². The van der Waals surface area contributed by atoms with Crippen molar-refractivity contribution in [3.63, 3.8) is 0 Å². The molecule has 24 heavy (non-hydrogen) atoms. The molecular formula is C18H22N2O4. The Hall–Kier alpha value is -2.73. The number of methoxy groups -OCH3 is 2. The van der Waals surface area contributed by atoms with E-state index in [4.69, 9.17) is 9.47 Å². The van der Waals surface area contributed by atoms with Gasteiger partial charge in [0.05, 0.1) is 20.8 Å². The number of nitrogens with one attached hydrogen (secondary N) is 2. The average Bonchev–Trinajstić information content (AvgIpc) is 2.64. The predicted molar refractivity (Wildman–Crippen MR) is 91.0 cm³/mol. The quantitative estimate of drug-likeness (QED) is 0.727. The van der Waals surface area contributed by atoms with Crippen molar-refractivity contribution in [2.45, 2.75) is 19.7 Å². The maximum absolute atomic E-state index is 11.9. The van der Waals surface area contributed by atoms with Crippen molar-refractivity contribution in [3.05, 3.63) is 59.2 Å². The number of urea groups is 1. The second kappa shape index (κ2) is 8.79. The molecule has 2 aromatic rings. The van der Waals surface area contributed by atoms with E-state index in [2.05, 4.69) is 10.6 Å². The van der Waals surface area contributed by atoms with Gasteiger partial charge in [-0.1, -0.05) is 30.3 Å². The first kappa shape index (κ1) is 17.6. The smallest absolute Gasteiger partial charge is 0.315 e. The molecule has 6 nitrogen and oxygen atoms in total. The number of hydrogen-bond donors (Lipinski definition) is 3. The highest BCUT2D eigenvalue weighted by molar-refractivity contribution is 5.73. The Morgan fingerprint density at radius 2 is 1.62 bits per heavy atom. The Morgan fingerprint density at radius 3 is 2.29 bits per heavy atom. The highest BCUT2D eigenvalue weighted by Crippen LogP contribution is 2.27. The molecule has 0 spiro atoms. The topological polar surface area (TPSA) is 79.8 Å². The van der Waals surface area contributed by atoms with Gasteiger partial charge in [0.15, 0.2) is 11.5 Å². The Kier molecular flexibility index (Phi) is 6.45. The fourth-order valence-electron chi connectivity index (χ4n) is 2.30. The summed E-state index contributed by atoms with van der Waals surface area (Å²) in [6.07, 6.45) is 0. The van der Waals surface area contributed by atoms with Gasteiger partial charge in [-0.2, -0.15) is 0 Å². The summed E-state index contributed by atoms with van der Waals surface area (Å²) in [6, 6.07) is 12.6. The van der Waals surface area contributed by atoms with Crippen LogP contribution in [0.15, 0.2) is 42.5 Å². The van der Waals surface area contributed by atoms with Gasteiger partial charge in [0.25, 0.3) is 0 Å². The van der Waals surface area contributed by atoms with Gasteiger partial charge < -0.3 is 25.2 Å². The largest absolute Gasteiger partial charge is 0.493 e. The number of hydrogen-bond acceptors (Lipinski definition) is 4. The van der Waals surface area contributed by atoms with Crippen LogP contribution in [-0.4, -0.2) is 25.4 Å². The summed E-state index contributed by atoms with van der Waals surface area (Å²) in [4.78, 5) is 11.9. The minimum Gasteiger partial charge on any atom is -0.493 e. The molecule has 0 aliphatic carbocycles. The van der Waals surface area contributed by atoms with E-state index in [9.17, 15) is 9.90 Å². The number of amides is 2. The Bertz CT molecular complexity index is 688. The highest BCUT2D eigenvalue weighted by Gasteiger charge is 2.07. The standard InChI is InChI=1S/C18H22N2O4/c1-23-16-8-7-13(9-17(16)24-2)10-19-18(22)20-11-14-5-3-4-6-15(14)12-21/h3-9,21H,10-12H2,1-2H3,(H2,19,20,22). The molecule has 0 unspecified atom stereocenters. The first-order chi connectivity index (χ1) is 11.7. The monoisotopic (exact) mass is 330 g/mol. The number of carbonyl (C=O) groups excluding carboxylic acids is 1. The fourth-order valence-corrected chi connectivity index (χ4v) is 2.30. The van der Waals surface area contributed by atoms with Crippen LogP contribution >= 0.6 is 0 Å². The summed E-state index contributed by atoms with van der Waals surface area (Å²) in [5.41, 5.74) is 2.59. The van der Waals surface area contributed by atoms with Gasteiger partial charge in [-0.15, -0.1) is 0 Å². The molecule has 2 rings (SSSR count). The second-order valence-electron chi connectivity index (χ2n) is 5.15. The zero-order valence-corrected chi connectivity index (χ0v) is 13.8. The lowest BCUT2D eigenvalue weighted by atomic mass is 10.1. The second-order valence-corrected chi connectivity index (χ2v) is 5.15. The first-order valence-electron chi connectivity index (χ1n) is 7.58. The molecule has 0 bridgehead atoms. The number of ether oxygens (including phenoxy) is 2. The molecule has 0 radical (unpaired) electrons. The van der Waals surface area contributed by atoms with E-state index in [-0.39, 0.29) is 12.6 Å². The summed E-state index contributed by atoms with van der Waals surface area (Å²) in [6.45, 7) is 0.674. The number of rotatable bonds is 7. The van der Waals surface area contributed by atoms with E-state index >= 15 is 0 Å². The number of aliphatic hydroxyl groups is 1. The van der Waals surface area contributed by atoms with Crippen molar-refractivity contribution < 1.29 is 19.4 Å². The van der Waals surface area contributed by atoms with Crippen LogP contribution in [0.4, 0.5) is 4.79 Å². The zero-order valence-electron chi connectivity index (χ0n) is 13.8. The normalized spacial score (nSPS) is 10.1. The van der Waals surface area contributed by atoms with Crippen LogP contribution in [0, 0.1) is 0 Å². The molecule has 0 aromatic heterocycles. The molecule has 3 N–H and O–H groups in total. The van der Waals surface area contributed by atoms with Crippen molar-refractivity contribution in [1.82, 2.24) is 10.6 Å². The van der Waals surface area contributed by atoms with Crippen LogP contribution in [-0.2, 0) is 19.7 Å². The third-order valence-corrected chi connectivity index (χ3v) is 3.63. The molecule has 0 aliphatic heterocycles. The highest BCUT2D eigenvalue weighted by atomic mass is 16.5. The van der Waals surface area contributed by atoms with E-state index in [0.717, 1.165) is 16.7 Å². The minimum absolute atomic E-state index is 0.0505. The molecule has 0 saturated carbocycles. The lowest BCUT2D eigenvalue weighted by Gasteiger charge is -2.12. The first-order valence-corrected chi connectivity index (χ1v) is 7.58. The van der Waals surface area contributed by atoms with Crippen LogP contribution < -0.4 is 20.1 Å². The van der Waals surface area contributed by atoms with E-state index < -0.39 is 0 Å². The van der Waals surface area contributed by atoms with Gasteiger partial charge >= 0.3 is 6.03 Å². The van der Waals surface area contributed by atoms with Gasteiger partial charge in [0.1, 0.15) is 0 Å². The van der Waals surface area contributed by atoms with E-state index in [1.54, 1.807) is 20.3 Å². The molecule has 2 aromatic carbocycles. The Labute approximate surface area is 141 Å². The van der Waals surface area contributed by atoms with Crippen molar-refractivity contribution in [1.29, 1.82) is 0 Å². The molecule has 128 valence electrons. The summed E-state index contributed by atoms with van der Waals surface area (Å²) in [7, 11) is 3.15. The molecular weight excluding hydrogens is 308 g/mol. The number of aliphatic hydroxyl groups excluding tert-OH is 1. The minimum atomic E-state index is -0.280. The van der Waals surface area contributed by atoms with E-state index in [0.29, 0.717) is 24.6 Å². The molecule has 2 amide bonds. The van der Waals surface area contributed by atoms with Crippen molar-refractivity contribution in [3.8, 4) is 11.5 Å². The molecule has 0 atom stereocenters. The zero-order chi connectivity index (χ0) is 17.4. The van der Waals surface area contributed by atoms with Gasteiger partial charge in [0, 0.05) is 13.1 Å². The van der Waals surface area contributed by atoms with Crippen molar-refractivity contribution >= 4 is 6.03 Å². The predicted octanol–water partition coefficient (Wildman–Crippen LogP) is 2.20. The van der Waals surface area contributed by atoms with Gasteiger partial charge in [-0.05, 0) is 28.8 Å². The Balaban J connectivity index is 1.87. The molecule has 6 heteroatoms. The van der Waals surface area contributed by atoms with E-state index in [1.165, 1.54) is 0 Å². The summed E-state index contributed by atoms with van der Waals surface area (Å²) < 4.78 is 10.4. The van der Waals surface area contributed by atoms with Crippen molar-refractivity contribution in [2.75, 3.05) is 14.2 Å². The van der Waals surface area contributed by atoms with Gasteiger partial charge in [0.2, 0.25) is 0 Å². The van der Waals surface area contributed by atoms with Crippen molar-refractivity contribution in [2.24, 2.45) is 0 Å². The summed E-state index contributed by atoms with van der Waals surface area (Å²) >= 11 is 0. The SMILES string of the molecule is COc1ccc(CNC(=O)NCc2ccccc2CO)cc1OC. The lowest BCUT2D eigenvalue weighted by molar-refractivity contribution is 0.239. The number of benzene rings is 2. The lowest BCUT2D eigenvalue weighted by Crippen LogP contribution is -2.34. The third kappa shape index (κ3) is 4.63. The molecule has 0 heterocycles. The molecule has 0 aliphatic rings. The molecule has 0 fully saturated rings. The fraction of sp³-hybridized carbons (Fsp3) is 0.278. The van der Waals surface area contributed by atoms with Gasteiger partial charge in [-0.25, -0.2) is 4.79 Å². The van der Waals surface area contributed by atoms with Gasteiger partial charge in [-0.3, -0.25) is 0 Å². The third-order valence-electron chi connectivity index (χ3n) is 3.63. The number of carbonyl (C=O) groups is 1. The summed E-state index contributed by atoms with van der Waals surface area (Å²) in [5.74, 6) is 1.26.